The largest absolute Gasteiger partial charge is 0.387 e. The SMILES string of the molecule is C#CCC(O)c1cccc(C)c1. The van der Waals surface area contributed by atoms with Crippen LogP contribution in [0.5, 0.6) is 0 Å². The zero-order valence-electron chi connectivity index (χ0n) is 7.12. The molecule has 12 heavy (non-hydrogen) atoms. The zero-order valence-corrected chi connectivity index (χ0v) is 7.12. The van der Waals surface area contributed by atoms with E-state index >= 15 is 0 Å². The summed E-state index contributed by atoms with van der Waals surface area (Å²) in [4.78, 5) is 0. The fraction of sp³-hybridized carbons (Fsp3) is 0.273. The molecule has 62 valence electrons. The van der Waals surface area contributed by atoms with Crippen LogP contribution in [0.25, 0.3) is 0 Å². The Morgan fingerprint density at radius 1 is 1.58 bits per heavy atom. The molecular weight excluding hydrogens is 148 g/mol. The van der Waals surface area contributed by atoms with Crippen LogP contribution in [0.4, 0.5) is 0 Å². The molecule has 1 heteroatoms. The minimum absolute atomic E-state index is 0.378. The van der Waals surface area contributed by atoms with E-state index in [2.05, 4.69) is 5.92 Å². The van der Waals surface area contributed by atoms with Crippen LogP contribution in [0.3, 0.4) is 0 Å². The van der Waals surface area contributed by atoms with Crippen molar-refractivity contribution in [2.75, 3.05) is 0 Å². The Morgan fingerprint density at radius 2 is 2.33 bits per heavy atom. The van der Waals surface area contributed by atoms with E-state index in [4.69, 9.17) is 6.42 Å². The molecule has 0 spiro atoms. The van der Waals surface area contributed by atoms with Crippen molar-refractivity contribution in [3.05, 3.63) is 35.4 Å². The summed E-state index contributed by atoms with van der Waals surface area (Å²) in [6.45, 7) is 1.99. The van der Waals surface area contributed by atoms with Crippen molar-refractivity contribution in [2.45, 2.75) is 19.4 Å². The molecule has 0 heterocycles. The molecule has 0 aromatic heterocycles. The maximum atomic E-state index is 9.50. The molecule has 1 atom stereocenters. The number of benzene rings is 1. The van der Waals surface area contributed by atoms with Crippen molar-refractivity contribution in [3.63, 3.8) is 0 Å². The lowest BCUT2D eigenvalue weighted by Crippen LogP contribution is -1.95. The topological polar surface area (TPSA) is 20.2 Å². The second kappa shape index (κ2) is 3.94. The third-order valence-corrected chi connectivity index (χ3v) is 1.74. The highest BCUT2D eigenvalue weighted by Crippen LogP contribution is 2.16. The van der Waals surface area contributed by atoms with Gasteiger partial charge in [0.15, 0.2) is 0 Å². The van der Waals surface area contributed by atoms with Crippen molar-refractivity contribution in [3.8, 4) is 12.3 Å². The molecule has 1 nitrogen and oxygen atoms in total. The second-order valence-electron chi connectivity index (χ2n) is 2.84. The van der Waals surface area contributed by atoms with Crippen LogP contribution in [-0.4, -0.2) is 5.11 Å². The molecule has 0 amide bonds. The average molecular weight is 160 g/mol. The standard InChI is InChI=1S/C11H12O/c1-3-5-11(12)10-7-4-6-9(2)8-10/h1,4,6-8,11-12H,5H2,2H3. The van der Waals surface area contributed by atoms with Gasteiger partial charge in [0.25, 0.3) is 0 Å². The van der Waals surface area contributed by atoms with Crippen molar-refractivity contribution in [1.82, 2.24) is 0 Å². The number of hydrogen-bond acceptors (Lipinski definition) is 1. The van der Waals surface area contributed by atoms with Crippen LogP contribution in [0.2, 0.25) is 0 Å². The lowest BCUT2D eigenvalue weighted by Gasteiger charge is -2.07. The average Bonchev–Trinajstić information content (AvgIpc) is 2.05. The summed E-state index contributed by atoms with van der Waals surface area (Å²) in [5, 5.41) is 9.50. The van der Waals surface area contributed by atoms with Crippen LogP contribution < -0.4 is 0 Å². The fourth-order valence-electron chi connectivity index (χ4n) is 1.11. The number of aliphatic hydroxyl groups is 1. The van der Waals surface area contributed by atoms with Gasteiger partial charge >= 0.3 is 0 Å². The molecule has 0 radical (unpaired) electrons. The van der Waals surface area contributed by atoms with E-state index in [-0.39, 0.29) is 0 Å². The Bertz CT molecular complexity index is 296. The molecule has 0 bridgehead atoms. The Hall–Kier alpha value is -1.26. The van der Waals surface area contributed by atoms with Crippen LogP contribution in [0.1, 0.15) is 23.7 Å². The summed E-state index contributed by atoms with van der Waals surface area (Å²) < 4.78 is 0. The first kappa shape index (κ1) is 8.83. The smallest absolute Gasteiger partial charge is 0.0899 e. The summed E-state index contributed by atoms with van der Waals surface area (Å²) in [5.74, 6) is 2.44. The van der Waals surface area contributed by atoms with E-state index in [1.165, 1.54) is 0 Å². The first-order chi connectivity index (χ1) is 5.74. The van der Waals surface area contributed by atoms with E-state index in [0.29, 0.717) is 6.42 Å². The summed E-state index contributed by atoms with van der Waals surface area (Å²) in [7, 11) is 0. The van der Waals surface area contributed by atoms with Gasteiger partial charge < -0.3 is 5.11 Å². The van der Waals surface area contributed by atoms with Crippen molar-refractivity contribution in [1.29, 1.82) is 0 Å². The van der Waals surface area contributed by atoms with Gasteiger partial charge in [-0.2, -0.15) is 0 Å². The van der Waals surface area contributed by atoms with Crippen LogP contribution in [0.15, 0.2) is 24.3 Å². The number of rotatable bonds is 2. The van der Waals surface area contributed by atoms with Gasteiger partial charge in [-0.15, -0.1) is 12.3 Å². The molecule has 1 unspecified atom stereocenters. The molecule has 1 aromatic carbocycles. The van der Waals surface area contributed by atoms with Crippen molar-refractivity contribution in [2.24, 2.45) is 0 Å². The molecular formula is C11H12O. The van der Waals surface area contributed by atoms with Gasteiger partial charge in [0.05, 0.1) is 6.10 Å². The van der Waals surface area contributed by atoms with Crippen molar-refractivity contribution >= 4 is 0 Å². The predicted octanol–water partition coefficient (Wildman–Crippen LogP) is 2.05. The molecule has 0 aliphatic rings. The quantitative estimate of drug-likeness (QED) is 0.656. The number of aryl methyl sites for hydroxylation is 1. The normalized spacial score (nSPS) is 12.1. The Labute approximate surface area is 73.0 Å². The molecule has 1 aromatic rings. The monoisotopic (exact) mass is 160 g/mol. The van der Waals surface area contributed by atoms with Crippen LogP contribution >= 0.6 is 0 Å². The lowest BCUT2D eigenvalue weighted by molar-refractivity contribution is 0.184. The van der Waals surface area contributed by atoms with E-state index < -0.39 is 6.10 Å². The first-order valence-electron chi connectivity index (χ1n) is 3.92. The van der Waals surface area contributed by atoms with Gasteiger partial charge in [0.1, 0.15) is 0 Å². The lowest BCUT2D eigenvalue weighted by atomic mass is 10.0. The Kier molecular flexibility index (Phi) is 2.90. The highest BCUT2D eigenvalue weighted by Gasteiger charge is 2.04. The Balaban J connectivity index is 2.82. The van der Waals surface area contributed by atoms with Gasteiger partial charge in [0, 0.05) is 6.42 Å². The second-order valence-corrected chi connectivity index (χ2v) is 2.84. The van der Waals surface area contributed by atoms with Gasteiger partial charge in [-0.05, 0) is 12.5 Å². The fourth-order valence-corrected chi connectivity index (χ4v) is 1.11. The minimum atomic E-state index is -0.519. The zero-order chi connectivity index (χ0) is 8.97. The molecule has 0 aliphatic heterocycles. The number of terminal acetylenes is 1. The molecule has 1 rings (SSSR count). The molecule has 0 saturated carbocycles. The van der Waals surface area contributed by atoms with Gasteiger partial charge in [0.2, 0.25) is 0 Å². The third-order valence-electron chi connectivity index (χ3n) is 1.74. The molecule has 0 aliphatic carbocycles. The predicted molar refractivity (Wildman–Crippen MR) is 49.6 cm³/mol. The maximum Gasteiger partial charge on any atom is 0.0899 e. The summed E-state index contributed by atoms with van der Waals surface area (Å²) in [6, 6.07) is 7.74. The number of hydrogen-bond donors (Lipinski definition) is 1. The van der Waals surface area contributed by atoms with E-state index in [0.717, 1.165) is 11.1 Å². The maximum absolute atomic E-state index is 9.50. The Morgan fingerprint density at radius 3 is 2.92 bits per heavy atom. The van der Waals surface area contributed by atoms with Gasteiger partial charge in [-0.3, -0.25) is 0 Å². The third kappa shape index (κ3) is 2.11. The summed E-state index contributed by atoms with van der Waals surface area (Å²) in [6.07, 6.45) is 4.95. The molecule has 0 fully saturated rings. The van der Waals surface area contributed by atoms with Gasteiger partial charge in [-0.1, -0.05) is 29.8 Å². The van der Waals surface area contributed by atoms with Crippen LogP contribution in [0, 0.1) is 19.3 Å². The minimum Gasteiger partial charge on any atom is -0.387 e. The first-order valence-corrected chi connectivity index (χ1v) is 3.92. The molecule has 0 saturated heterocycles. The van der Waals surface area contributed by atoms with E-state index in [1.807, 2.05) is 31.2 Å². The van der Waals surface area contributed by atoms with Crippen LogP contribution in [-0.2, 0) is 0 Å². The van der Waals surface area contributed by atoms with E-state index in [9.17, 15) is 5.11 Å². The van der Waals surface area contributed by atoms with E-state index in [1.54, 1.807) is 0 Å². The molecule has 1 N–H and O–H groups in total. The van der Waals surface area contributed by atoms with Gasteiger partial charge in [-0.25, -0.2) is 0 Å². The van der Waals surface area contributed by atoms with Crippen molar-refractivity contribution < 1.29 is 5.11 Å². The summed E-state index contributed by atoms with van der Waals surface area (Å²) in [5.41, 5.74) is 2.04. The summed E-state index contributed by atoms with van der Waals surface area (Å²) >= 11 is 0. The highest BCUT2D eigenvalue weighted by molar-refractivity contribution is 5.24. The number of aliphatic hydroxyl groups excluding tert-OH is 1. The highest BCUT2D eigenvalue weighted by atomic mass is 16.3.